The highest BCUT2D eigenvalue weighted by atomic mass is 19.3. The fourth-order valence-corrected chi connectivity index (χ4v) is 6.36. The number of nitrogens with one attached hydrogen (secondary N) is 1. The van der Waals surface area contributed by atoms with Crippen molar-refractivity contribution in [2.75, 3.05) is 19.7 Å². The van der Waals surface area contributed by atoms with E-state index in [2.05, 4.69) is 10.2 Å². The Kier molecular flexibility index (Phi) is 5.98. The molecule has 0 radical (unpaired) electrons. The number of alkyl halides is 2. The lowest BCUT2D eigenvalue weighted by Crippen LogP contribution is -2.52. The molecule has 2 fully saturated rings. The molecule has 37 heavy (non-hydrogen) atoms. The van der Waals surface area contributed by atoms with Crippen molar-refractivity contribution in [3.8, 4) is 5.75 Å². The van der Waals surface area contributed by atoms with Gasteiger partial charge in [0.1, 0.15) is 11.8 Å². The number of piperidine rings is 2. The van der Waals surface area contributed by atoms with Crippen LogP contribution in [0.1, 0.15) is 71.1 Å². The second-order valence-electron chi connectivity index (χ2n) is 10.6. The first-order valence-electron chi connectivity index (χ1n) is 12.9. The Hall–Kier alpha value is -3.33. The van der Waals surface area contributed by atoms with Gasteiger partial charge in [-0.15, -0.1) is 0 Å². The minimum atomic E-state index is -2.45. The maximum absolute atomic E-state index is 13.2. The SMILES string of the molecule is O=C1CCC(N2Cc3c(ccc4c3OCCC43CCN(Cc4ccc(C(F)F)cc4)CC3)C2=O)C(=O)N1. The molecule has 6 rings (SSSR count). The zero-order valence-corrected chi connectivity index (χ0v) is 20.5. The summed E-state index contributed by atoms with van der Waals surface area (Å²) >= 11 is 0. The third-order valence-electron chi connectivity index (χ3n) is 8.52. The summed E-state index contributed by atoms with van der Waals surface area (Å²) in [5.41, 5.74) is 3.58. The molecule has 0 aromatic heterocycles. The Morgan fingerprint density at radius 3 is 2.49 bits per heavy atom. The van der Waals surface area contributed by atoms with Crippen LogP contribution in [0, 0.1) is 0 Å². The van der Waals surface area contributed by atoms with Gasteiger partial charge in [-0.3, -0.25) is 24.6 Å². The maximum Gasteiger partial charge on any atom is 0.263 e. The second kappa shape index (κ2) is 9.20. The van der Waals surface area contributed by atoms with E-state index in [0.717, 1.165) is 61.3 Å². The molecule has 4 aliphatic heterocycles. The summed E-state index contributed by atoms with van der Waals surface area (Å²) in [6.45, 7) is 3.37. The quantitative estimate of drug-likeness (QED) is 0.636. The summed E-state index contributed by atoms with van der Waals surface area (Å²) in [6, 6.07) is 9.81. The molecule has 1 unspecified atom stereocenters. The second-order valence-corrected chi connectivity index (χ2v) is 10.6. The van der Waals surface area contributed by atoms with Crippen LogP contribution in [-0.4, -0.2) is 53.3 Å². The van der Waals surface area contributed by atoms with Gasteiger partial charge < -0.3 is 9.64 Å². The van der Waals surface area contributed by atoms with E-state index in [-0.39, 0.29) is 29.2 Å². The molecule has 2 aromatic rings. The number of hydrogen-bond acceptors (Lipinski definition) is 5. The van der Waals surface area contributed by atoms with Crippen molar-refractivity contribution < 1.29 is 27.9 Å². The number of carbonyl (C=O) groups excluding carboxylic acids is 3. The predicted molar refractivity (Wildman–Crippen MR) is 130 cm³/mol. The summed E-state index contributed by atoms with van der Waals surface area (Å²) in [7, 11) is 0. The van der Waals surface area contributed by atoms with E-state index in [4.69, 9.17) is 4.74 Å². The van der Waals surface area contributed by atoms with Crippen LogP contribution in [0.4, 0.5) is 8.78 Å². The molecular formula is C28H29F2N3O4. The van der Waals surface area contributed by atoms with Gasteiger partial charge >= 0.3 is 0 Å². The van der Waals surface area contributed by atoms with Crippen molar-refractivity contribution in [1.82, 2.24) is 15.1 Å². The van der Waals surface area contributed by atoms with Crippen LogP contribution in [0.2, 0.25) is 0 Å². The van der Waals surface area contributed by atoms with Gasteiger partial charge in [-0.05, 0) is 50.4 Å². The van der Waals surface area contributed by atoms with Crippen molar-refractivity contribution >= 4 is 17.7 Å². The van der Waals surface area contributed by atoms with Crippen LogP contribution in [0.25, 0.3) is 0 Å². The molecule has 4 aliphatic rings. The zero-order valence-electron chi connectivity index (χ0n) is 20.5. The number of imide groups is 1. The van der Waals surface area contributed by atoms with Gasteiger partial charge in [0.2, 0.25) is 11.8 Å². The molecule has 7 nitrogen and oxygen atoms in total. The maximum atomic E-state index is 13.2. The molecule has 1 atom stereocenters. The summed E-state index contributed by atoms with van der Waals surface area (Å²) in [4.78, 5) is 41.1. The summed E-state index contributed by atoms with van der Waals surface area (Å²) in [5.74, 6) is -0.129. The number of halogens is 2. The Balaban J connectivity index is 1.18. The van der Waals surface area contributed by atoms with Crippen LogP contribution in [0.15, 0.2) is 36.4 Å². The minimum absolute atomic E-state index is 0.0379. The van der Waals surface area contributed by atoms with Crippen molar-refractivity contribution in [3.63, 3.8) is 0 Å². The van der Waals surface area contributed by atoms with E-state index in [1.54, 1.807) is 17.0 Å². The topological polar surface area (TPSA) is 79.0 Å². The van der Waals surface area contributed by atoms with Crippen molar-refractivity contribution in [2.45, 2.75) is 63.1 Å². The third-order valence-corrected chi connectivity index (χ3v) is 8.52. The molecule has 0 bridgehead atoms. The smallest absolute Gasteiger partial charge is 0.263 e. The van der Waals surface area contributed by atoms with E-state index >= 15 is 0 Å². The zero-order chi connectivity index (χ0) is 25.7. The minimum Gasteiger partial charge on any atom is -0.493 e. The van der Waals surface area contributed by atoms with E-state index < -0.39 is 18.4 Å². The van der Waals surface area contributed by atoms with Crippen molar-refractivity contribution in [2.24, 2.45) is 0 Å². The molecule has 2 aromatic carbocycles. The average molecular weight is 510 g/mol. The molecule has 2 saturated heterocycles. The number of nitrogens with zero attached hydrogens (tertiary/aromatic N) is 2. The van der Waals surface area contributed by atoms with Crippen LogP contribution < -0.4 is 10.1 Å². The predicted octanol–water partition coefficient (Wildman–Crippen LogP) is 3.70. The first-order valence-corrected chi connectivity index (χ1v) is 12.9. The monoisotopic (exact) mass is 509 g/mol. The van der Waals surface area contributed by atoms with Gasteiger partial charge in [0, 0.05) is 40.6 Å². The molecule has 194 valence electrons. The summed E-state index contributed by atoms with van der Waals surface area (Å²) in [5, 5.41) is 2.35. The average Bonchev–Trinajstić information content (AvgIpc) is 3.22. The molecule has 4 heterocycles. The van der Waals surface area contributed by atoms with Gasteiger partial charge in [-0.1, -0.05) is 30.3 Å². The Morgan fingerprint density at radius 1 is 1.03 bits per heavy atom. The van der Waals surface area contributed by atoms with Gasteiger partial charge in [0.15, 0.2) is 0 Å². The number of hydrogen-bond donors (Lipinski definition) is 1. The number of benzene rings is 2. The first-order chi connectivity index (χ1) is 17.8. The highest BCUT2D eigenvalue weighted by Gasteiger charge is 2.45. The fraction of sp³-hybridized carbons (Fsp3) is 0.464. The van der Waals surface area contributed by atoms with Gasteiger partial charge in [-0.2, -0.15) is 0 Å². The highest BCUT2D eigenvalue weighted by Crippen LogP contribution is 2.49. The molecular weight excluding hydrogens is 480 g/mol. The summed E-state index contributed by atoms with van der Waals surface area (Å²) < 4.78 is 31.9. The number of fused-ring (bicyclic) bond motifs is 4. The van der Waals surface area contributed by atoms with Crippen LogP contribution in [0.5, 0.6) is 5.75 Å². The number of carbonyl (C=O) groups is 3. The van der Waals surface area contributed by atoms with Crippen molar-refractivity contribution in [3.05, 3.63) is 64.2 Å². The number of amides is 3. The van der Waals surface area contributed by atoms with Gasteiger partial charge in [0.25, 0.3) is 12.3 Å². The standard InChI is InChI=1S/C28H29F2N3O4/c29-25(30)18-3-1-17(2-4-18)15-32-12-9-28(10-13-32)11-14-37-24-20-16-33(22-7-8-23(34)31-26(22)35)27(36)19(20)5-6-21(24)28/h1-6,22,25H,7-16H2,(H,31,34,35). The van der Waals surface area contributed by atoms with E-state index in [1.165, 1.54) is 12.1 Å². The van der Waals surface area contributed by atoms with Crippen LogP contribution in [-0.2, 0) is 28.1 Å². The molecule has 1 N–H and O–H groups in total. The highest BCUT2D eigenvalue weighted by molar-refractivity contribution is 6.05. The Labute approximate surface area is 213 Å². The number of likely N-dealkylation sites (tertiary alicyclic amines) is 1. The summed E-state index contributed by atoms with van der Waals surface area (Å²) in [6.07, 6.45) is 0.898. The lowest BCUT2D eigenvalue weighted by molar-refractivity contribution is -0.136. The van der Waals surface area contributed by atoms with E-state index in [1.807, 2.05) is 12.1 Å². The van der Waals surface area contributed by atoms with Crippen LogP contribution >= 0.6 is 0 Å². The molecule has 3 amide bonds. The van der Waals surface area contributed by atoms with Crippen LogP contribution in [0.3, 0.4) is 0 Å². The normalized spacial score (nSPS) is 23.2. The number of ether oxygens (including phenoxy) is 1. The molecule has 0 aliphatic carbocycles. The molecule has 9 heteroatoms. The molecule has 0 saturated carbocycles. The Bertz CT molecular complexity index is 1250. The Morgan fingerprint density at radius 2 is 1.78 bits per heavy atom. The molecule has 1 spiro atoms. The van der Waals surface area contributed by atoms with Gasteiger partial charge in [-0.25, -0.2) is 8.78 Å². The lowest BCUT2D eigenvalue weighted by atomic mass is 9.68. The van der Waals surface area contributed by atoms with E-state index in [0.29, 0.717) is 25.1 Å². The first kappa shape index (κ1) is 24.0. The van der Waals surface area contributed by atoms with E-state index in [9.17, 15) is 23.2 Å². The largest absolute Gasteiger partial charge is 0.493 e. The lowest BCUT2D eigenvalue weighted by Gasteiger charge is -2.45. The third kappa shape index (κ3) is 4.19. The van der Waals surface area contributed by atoms with Crippen molar-refractivity contribution in [1.29, 1.82) is 0 Å². The fourth-order valence-electron chi connectivity index (χ4n) is 6.36. The number of rotatable bonds is 4. The van der Waals surface area contributed by atoms with Gasteiger partial charge in [0.05, 0.1) is 13.2 Å².